The number of anilines is 4. The van der Waals surface area contributed by atoms with Crippen LogP contribution in [-0.4, -0.2) is 26.7 Å². The molecule has 4 rings (SSSR count). The molecule has 148 valence electrons. The molecule has 0 aliphatic carbocycles. The van der Waals surface area contributed by atoms with Crippen molar-refractivity contribution in [2.45, 2.75) is 18.7 Å². The maximum Gasteiger partial charge on any atom is 0.229 e. The molecular weight excluding hydrogens is 389 g/mol. The lowest BCUT2D eigenvalue weighted by atomic mass is 10.2. The van der Waals surface area contributed by atoms with Gasteiger partial charge in [-0.05, 0) is 55.6 Å². The van der Waals surface area contributed by atoms with Crippen molar-refractivity contribution in [3.05, 3.63) is 60.2 Å². The Balaban J connectivity index is 1.74. The number of nitrogens with zero attached hydrogens (tertiary/aromatic N) is 4. The Bertz CT molecular complexity index is 1160. The van der Waals surface area contributed by atoms with E-state index in [4.69, 9.17) is 5.14 Å². The van der Waals surface area contributed by atoms with E-state index in [2.05, 4.69) is 25.5 Å². The van der Waals surface area contributed by atoms with E-state index in [0.717, 1.165) is 44.7 Å². The van der Waals surface area contributed by atoms with Crippen molar-refractivity contribution >= 4 is 46.0 Å². The Morgan fingerprint density at radius 3 is 2.90 bits per heavy atom. The lowest BCUT2D eigenvalue weighted by molar-refractivity contribution is 0.612. The van der Waals surface area contributed by atoms with Crippen LogP contribution in [0.2, 0.25) is 0 Å². The van der Waals surface area contributed by atoms with Gasteiger partial charge >= 0.3 is 0 Å². The molecule has 4 N–H and O–H groups in total. The largest absolute Gasteiger partial charge is 0.324 e. The fourth-order valence-corrected chi connectivity index (χ4v) is 3.49. The molecule has 2 aromatic heterocycles. The van der Waals surface area contributed by atoms with Crippen LogP contribution in [0.5, 0.6) is 0 Å². The van der Waals surface area contributed by atoms with E-state index in [1.54, 1.807) is 11.1 Å². The molecule has 0 amide bonds. The van der Waals surface area contributed by atoms with Crippen LogP contribution in [-0.2, 0) is 0 Å². The van der Waals surface area contributed by atoms with Crippen molar-refractivity contribution in [2.75, 3.05) is 16.8 Å². The Hall–Kier alpha value is -3.17. The first-order valence-corrected chi connectivity index (χ1v) is 9.95. The topological polar surface area (TPSA) is 95.8 Å². The monoisotopic (exact) mass is 409 g/mol. The molecule has 29 heavy (non-hydrogen) atoms. The summed E-state index contributed by atoms with van der Waals surface area (Å²) in [5.74, 6) is 0.00285. The maximum atomic E-state index is 14.7. The minimum Gasteiger partial charge on any atom is -0.324 e. The smallest absolute Gasteiger partial charge is 0.229 e. The van der Waals surface area contributed by atoms with Gasteiger partial charge in [0.25, 0.3) is 0 Å². The van der Waals surface area contributed by atoms with Gasteiger partial charge in [0.1, 0.15) is 0 Å². The van der Waals surface area contributed by atoms with Gasteiger partial charge in [-0.2, -0.15) is 10.1 Å². The van der Waals surface area contributed by atoms with Gasteiger partial charge in [-0.1, -0.05) is 12.1 Å². The summed E-state index contributed by atoms with van der Waals surface area (Å²) in [6.07, 6.45) is 2.91. The van der Waals surface area contributed by atoms with Gasteiger partial charge in [0.2, 0.25) is 5.95 Å². The van der Waals surface area contributed by atoms with Crippen molar-refractivity contribution in [3.63, 3.8) is 0 Å². The van der Waals surface area contributed by atoms with Crippen LogP contribution >= 0.6 is 11.9 Å². The quantitative estimate of drug-likeness (QED) is 0.398. The summed E-state index contributed by atoms with van der Waals surface area (Å²) in [6, 6.07) is 11.6. The van der Waals surface area contributed by atoms with Crippen LogP contribution < -0.4 is 15.4 Å². The molecule has 0 aliphatic heterocycles. The number of aromatic nitrogens is 4. The minimum atomic E-state index is -0.499. The average molecular weight is 409 g/mol. The number of benzene rings is 2. The van der Waals surface area contributed by atoms with Gasteiger partial charge in [-0.3, -0.25) is 10.2 Å². The number of hydrogen-bond donors (Lipinski definition) is 3. The lowest BCUT2D eigenvalue weighted by Gasteiger charge is -2.23. The summed E-state index contributed by atoms with van der Waals surface area (Å²) in [6.45, 7) is 4.44. The zero-order valence-corrected chi connectivity index (χ0v) is 16.8. The summed E-state index contributed by atoms with van der Waals surface area (Å²) < 4.78 is 14.7. The molecule has 0 bridgehead atoms. The summed E-state index contributed by atoms with van der Waals surface area (Å²) in [7, 11) is 0. The Morgan fingerprint density at radius 2 is 2.10 bits per heavy atom. The van der Waals surface area contributed by atoms with Crippen molar-refractivity contribution in [2.24, 2.45) is 5.14 Å². The van der Waals surface area contributed by atoms with Gasteiger partial charge in [-0.15, -0.1) is 0 Å². The molecule has 0 spiro atoms. The van der Waals surface area contributed by atoms with Crippen LogP contribution in [0.25, 0.3) is 10.9 Å². The van der Waals surface area contributed by atoms with Gasteiger partial charge in [-0.25, -0.2) is 9.37 Å². The van der Waals surface area contributed by atoms with Crippen LogP contribution in [0.4, 0.5) is 27.5 Å². The number of fused-ring (bicyclic) bond motifs is 1. The number of aromatic amines is 1. The first kappa shape index (κ1) is 19.2. The van der Waals surface area contributed by atoms with Gasteiger partial charge in [0, 0.05) is 22.5 Å². The summed E-state index contributed by atoms with van der Waals surface area (Å²) in [5.41, 5.74) is 3.52. The van der Waals surface area contributed by atoms with Gasteiger partial charge < -0.3 is 10.2 Å². The second-order valence-corrected chi connectivity index (χ2v) is 7.14. The predicted octanol–water partition coefficient (Wildman–Crippen LogP) is 4.67. The van der Waals surface area contributed by atoms with Crippen LogP contribution in [0.3, 0.4) is 0 Å². The van der Waals surface area contributed by atoms with E-state index in [1.807, 2.05) is 50.2 Å². The molecular formula is C20H20FN7S. The lowest BCUT2D eigenvalue weighted by Crippen LogP contribution is -2.20. The average Bonchev–Trinajstić information content (AvgIpc) is 3.22. The predicted molar refractivity (Wildman–Crippen MR) is 115 cm³/mol. The highest BCUT2D eigenvalue weighted by atomic mass is 32.2. The van der Waals surface area contributed by atoms with E-state index >= 15 is 0 Å². The van der Waals surface area contributed by atoms with E-state index in [1.165, 1.54) is 6.20 Å². The third-order valence-corrected chi connectivity index (χ3v) is 5.17. The summed E-state index contributed by atoms with van der Waals surface area (Å²) in [4.78, 5) is 11.3. The highest BCUT2D eigenvalue weighted by Crippen LogP contribution is 2.32. The third-order valence-electron chi connectivity index (χ3n) is 4.64. The highest BCUT2D eigenvalue weighted by Gasteiger charge is 2.18. The second kappa shape index (κ2) is 8.06. The molecule has 0 radical (unpaired) electrons. The normalized spacial score (nSPS) is 11.0. The number of nitrogens with two attached hydrogens (primary N) is 1. The molecule has 0 aliphatic rings. The number of aryl methyl sites for hydroxylation is 1. The van der Waals surface area contributed by atoms with Gasteiger partial charge in [0.05, 0.1) is 23.6 Å². The summed E-state index contributed by atoms with van der Waals surface area (Å²) in [5, 5.41) is 16.8. The van der Waals surface area contributed by atoms with Crippen molar-refractivity contribution in [3.8, 4) is 0 Å². The SMILES string of the molecule is CCN(c1nc(Nc2cc(SN)ccc2C)ncc1F)c1cccc2[nH]ncc12. The van der Waals surface area contributed by atoms with Crippen molar-refractivity contribution in [1.29, 1.82) is 0 Å². The number of H-pyrrole nitrogens is 1. The molecule has 7 nitrogen and oxygen atoms in total. The Kier molecular flexibility index (Phi) is 5.32. The first-order chi connectivity index (χ1) is 14.1. The van der Waals surface area contributed by atoms with E-state index in [0.29, 0.717) is 12.5 Å². The molecule has 0 saturated heterocycles. The van der Waals surface area contributed by atoms with Crippen LogP contribution in [0.15, 0.2) is 53.7 Å². The first-order valence-electron chi connectivity index (χ1n) is 9.07. The maximum absolute atomic E-state index is 14.7. The second-order valence-electron chi connectivity index (χ2n) is 6.44. The molecule has 2 aromatic carbocycles. The van der Waals surface area contributed by atoms with Gasteiger partial charge in [0.15, 0.2) is 11.6 Å². The molecule has 0 unspecified atom stereocenters. The summed E-state index contributed by atoms with van der Waals surface area (Å²) >= 11 is 1.16. The van der Waals surface area contributed by atoms with Crippen LogP contribution in [0.1, 0.15) is 12.5 Å². The Labute approximate surface area is 171 Å². The zero-order valence-electron chi connectivity index (χ0n) is 16.0. The van der Waals surface area contributed by atoms with Crippen LogP contribution in [0, 0.1) is 12.7 Å². The third kappa shape index (κ3) is 3.74. The van der Waals surface area contributed by atoms with Crippen molar-refractivity contribution in [1.82, 2.24) is 20.2 Å². The van der Waals surface area contributed by atoms with E-state index in [9.17, 15) is 4.39 Å². The van der Waals surface area contributed by atoms with E-state index < -0.39 is 5.82 Å². The molecule has 9 heteroatoms. The number of hydrogen-bond acceptors (Lipinski definition) is 7. The molecule has 0 fully saturated rings. The standard InChI is InChI=1S/C20H20FN7S/c1-3-28(18-6-4-5-16-14(18)10-24-27-16)19-15(21)11-23-20(26-19)25-17-9-13(29-22)8-7-12(17)2/h4-11H,3,22H2,1-2H3,(H,24,27)(H,23,25,26). The molecule has 2 heterocycles. The Morgan fingerprint density at radius 1 is 1.24 bits per heavy atom. The highest BCUT2D eigenvalue weighted by molar-refractivity contribution is 7.97. The number of halogens is 1. The number of nitrogens with one attached hydrogen (secondary N) is 2. The fourth-order valence-electron chi connectivity index (χ4n) is 3.16. The minimum absolute atomic E-state index is 0.195. The van der Waals surface area contributed by atoms with Crippen molar-refractivity contribution < 1.29 is 4.39 Å². The fraction of sp³-hybridized carbons (Fsp3) is 0.150. The molecule has 0 saturated carbocycles. The molecule has 0 atom stereocenters. The zero-order chi connectivity index (χ0) is 20.4. The molecule has 4 aromatic rings. The number of rotatable bonds is 6. The van der Waals surface area contributed by atoms with E-state index in [-0.39, 0.29) is 5.82 Å².